The van der Waals surface area contributed by atoms with Crippen LogP contribution >= 0.6 is 15.9 Å². The molecule has 86 valence electrons. The van der Waals surface area contributed by atoms with E-state index in [1.165, 1.54) is 0 Å². The fraction of sp³-hybridized carbons (Fsp3) is 0.167. The van der Waals surface area contributed by atoms with E-state index in [1.807, 2.05) is 31.2 Å². The van der Waals surface area contributed by atoms with Gasteiger partial charge < -0.3 is 5.32 Å². The van der Waals surface area contributed by atoms with E-state index in [2.05, 4.69) is 31.4 Å². The number of hydrogen-bond donors (Lipinski definition) is 2. The second-order valence-corrected chi connectivity index (χ2v) is 4.98. The lowest BCUT2D eigenvalue weighted by Gasteiger charge is -2.12. The number of carbonyl (C=O) groups is 1. The zero-order valence-corrected chi connectivity index (χ0v) is 10.7. The molecule has 0 saturated carbocycles. The molecule has 0 spiro atoms. The Morgan fingerprint density at radius 2 is 2.00 bits per heavy atom. The normalized spacial score (nSPS) is 18.0. The number of nitrogens with zero attached hydrogens (tertiary/aromatic N) is 1. The van der Waals surface area contributed by atoms with Gasteiger partial charge in [0.1, 0.15) is 0 Å². The van der Waals surface area contributed by atoms with Crippen LogP contribution in [0.3, 0.4) is 0 Å². The molecule has 3 rings (SSSR count). The predicted octanol–water partition coefficient (Wildman–Crippen LogP) is 2.31. The highest BCUT2D eigenvalue weighted by molar-refractivity contribution is 9.10. The Hall–Kier alpha value is -1.62. The van der Waals surface area contributed by atoms with Gasteiger partial charge in [-0.3, -0.25) is 9.89 Å². The number of halogens is 1. The van der Waals surface area contributed by atoms with Crippen molar-refractivity contribution in [1.29, 1.82) is 0 Å². The van der Waals surface area contributed by atoms with Crippen molar-refractivity contribution in [3.63, 3.8) is 0 Å². The summed E-state index contributed by atoms with van der Waals surface area (Å²) in [5.74, 6) is -0.114. The molecule has 0 saturated heterocycles. The first-order chi connectivity index (χ1) is 8.16. The number of fused-ring (bicyclic) bond motifs is 1. The monoisotopic (exact) mass is 291 g/mol. The molecular weight excluding hydrogens is 282 g/mol. The maximum atomic E-state index is 11.7. The molecule has 17 heavy (non-hydrogen) atoms. The van der Waals surface area contributed by atoms with Crippen LogP contribution in [0.15, 0.2) is 28.7 Å². The van der Waals surface area contributed by atoms with Crippen LogP contribution in [0.1, 0.15) is 33.4 Å². The van der Waals surface area contributed by atoms with Gasteiger partial charge in [0.2, 0.25) is 0 Å². The second-order valence-electron chi connectivity index (χ2n) is 4.07. The highest BCUT2D eigenvalue weighted by atomic mass is 79.9. The Kier molecular flexibility index (Phi) is 2.29. The number of rotatable bonds is 1. The third-order valence-electron chi connectivity index (χ3n) is 2.98. The van der Waals surface area contributed by atoms with Gasteiger partial charge in [0.15, 0.2) is 5.69 Å². The number of hydrogen-bond acceptors (Lipinski definition) is 2. The summed E-state index contributed by atoms with van der Waals surface area (Å²) in [4.78, 5) is 11.7. The first-order valence-electron chi connectivity index (χ1n) is 5.28. The maximum Gasteiger partial charge on any atom is 0.272 e. The minimum atomic E-state index is -0.114. The topological polar surface area (TPSA) is 57.8 Å². The van der Waals surface area contributed by atoms with Gasteiger partial charge in [-0.1, -0.05) is 28.1 Å². The van der Waals surface area contributed by atoms with E-state index in [0.717, 1.165) is 21.3 Å². The van der Waals surface area contributed by atoms with Gasteiger partial charge in [0.05, 0.1) is 6.04 Å². The highest BCUT2D eigenvalue weighted by Gasteiger charge is 2.33. The molecule has 0 radical (unpaired) electrons. The number of nitrogens with one attached hydrogen (secondary N) is 2. The molecule has 0 bridgehead atoms. The molecule has 2 aromatic rings. The molecule has 1 aromatic carbocycles. The summed E-state index contributed by atoms with van der Waals surface area (Å²) in [7, 11) is 0. The SMILES string of the molecule is Cc1[nH]nc2c1C(c1ccc(Br)cc1)NC2=O. The molecule has 1 aliphatic rings. The first kappa shape index (κ1) is 10.5. The number of aromatic nitrogens is 2. The van der Waals surface area contributed by atoms with Crippen LogP contribution in [0.4, 0.5) is 0 Å². The summed E-state index contributed by atoms with van der Waals surface area (Å²) in [6, 6.07) is 7.83. The molecule has 1 atom stereocenters. The van der Waals surface area contributed by atoms with Crippen molar-refractivity contribution in [3.8, 4) is 0 Å². The summed E-state index contributed by atoms with van der Waals surface area (Å²) < 4.78 is 1.02. The Labute approximate surface area is 107 Å². The molecule has 2 heterocycles. The zero-order chi connectivity index (χ0) is 12.0. The fourth-order valence-electron chi connectivity index (χ4n) is 2.14. The van der Waals surface area contributed by atoms with Gasteiger partial charge in [0.25, 0.3) is 5.91 Å². The van der Waals surface area contributed by atoms with Crippen molar-refractivity contribution < 1.29 is 4.79 Å². The maximum absolute atomic E-state index is 11.7. The lowest BCUT2D eigenvalue weighted by molar-refractivity contribution is 0.0955. The molecule has 5 heteroatoms. The lowest BCUT2D eigenvalue weighted by atomic mass is 10.0. The van der Waals surface area contributed by atoms with Crippen molar-refractivity contribution in [3.05, 3.63) is 51.3 Å². The average Bonchev–Trinajstić information content (AvgIpc) is 2.83. The van der Waals surface area contributed by atoms with Crippen LogP contribution in [0, 0.1) is 6.92 Å². The van der Waals surface area contributed by atoms with Crippen molar-refractivity contribution >= 4 is 21.8 Å². The van der Waals surface area contributed by atoms with Crippen LogP contribution in [-0.2, 0) is 0 Å². The van der Waals surface area contributed by atoms with Crippen LogP contribution < -0.4 is 5.32 Å². The Morgan fingerprint density at radius 3 is 2.71 bits per heavy atom. The minimum Gasteiger partial charge on any atom is -0.340 e. The van der Waals surface area contributed by atoms with Gasteiger partial charge in [-0.15, -0.1) is 0 Å². The Morgan fingerprint density at radius 1 is 1.29 bits per heavy atom. The van der Waals surface area contributed by atoms with Crippen LogP contribution in [-0.4, -0.2) is 16.1 Å². The average molecular weight is 292 g/mol. The summed E-state index contributed by atoms with van der Waals surface area (Å²) in [6.45, 7) is 1.93. The third-order valence-corrected chi connectivity index (χ3v) is 3.51. The molecule has 0 aliphatic carbocycles. The van der Waals surface area contributed by atoms with E-state index < -0.39 is 0 Å². The standard InChI is InChI=1S/C12H10BrN3O/c1-6-9-10(7-2-4-8(13)5-3-7)14-12(17)11(9)16-15-6/h2-5,10H,1H3,(H,14,17)(H,15,16). The molecule has 0 fully saturated rings. The van der Waals surface area contributed by atoms with Crippen molar-refractivity contribution in [2.45, 2.75) is 13.0 Å². The zero-order valence-electron chi connectivity index (χ0n) is 9.12. The van der Waals surface area contributed by atoms with Crippen LogP contribution in [0.25, 0.3) is 0 Å². The van der Waals surface area contributed by atoms with E-state index in [9.17, 15) is 4.79 Å². The number of aryl methyl sites for hydroxylation is 1. The van der Waals surface area contributed by atoms with E-state index in [-0.39, 0.29) is 11.9 Å². The molecule has 2 N–H and O–H groups in total. The Bertz CT molecular complexity index is 588. The molecule has 4 nitrogen and oxygen atoms in total. The van der Waals surface area contributed by atoms with Crippen molar-refractivity contribution in [2.24, 2.45) is 0 Å². The molecule has 1 aliphatic heterocycles. The summed E-state index contributed by atoms with van der Waals surface area (Å²) in [5.41, 5.74) is 3.46. The summed E-state index contributed by atoms with van der Waals surface area (Å²) in [6.07, 6.45) is 0. The van der Waals surface area contributed by atoms with Gasteiger partial charge in [-0.2, -0.15) is 5.10 Å². The van der Waals surface area contributed by atoms with Gasteiger partial charge in [0, 0.05) is 15.7 Å². The lowest BCUT2D eigenvalue weighted by Crippen LogP contribution is -2.21. The van der Waals surface area contributed by atoms with E-state index in [0.29, 0.717) is 5.69 Å². The fourth-order valence-corrected chi connectivity index (χ4v) is 2.41. The number of aromatic amines is 1. The first-order valence-corrected chi connectivity index (χ1v) is 6.07. The van der Waals surface area contributed by atoms with Gasteiger partial charge >= 0.3 is 0 Å². The number of carbonyl (C=O) groups excluding carboxylic acids is 1. The summed E-state index contributed by atoms with van der Waals surface area (Å²) in [5, 5.41) is 9.82. The second kappa shape index (κ2) is 3.70. The highest BCUT2D eigenvalue weighted by Crippen LogP contribution is 2.32. The van der Waals surface area contributed by atoms with Gasteiger partial charge in [-0.05, 0) is 24.6 Å². The molecule has 1 amide bonds. The van der Waals surface area contributed by atoms with E-state index in [4.69, 9.17) is 0 Å². The largest absolute Gasteiger partial charge is 0.340 e. The van der Waals surface area contributed by atoms with Crippen LogP contribution in [0.2, 0.25) is 0 Å². The van der Waals surface area contributed by atoms with E-state index in [1.54, 1.807) is 0 Å². The molecule has 1 unspecified atom stereocenters. The number of amides is 1. The number of H-pyrrole nitrogens is 1. The third kappa shape index (κ3) is 1.58. The molecular formula is C12H10BrN3O. The smallest absolute Gasteiger partial charge is 0.272 e. The Balaban J connectivity index is 2.09. The predicted molar refractivity (Wildman–Crippen MR) is 66.8 cm³/mol. The minimum absolute atomic E-state index is 0.0932. The van der Waals surface area contributed by atoms with Gasteiger partial charge in [-0.25, -0.2) is 0 Å². The summed E-state index contributed by atoms with van der Waals surface area (Å²) >= 11 is 3.40. The van der Waals surface area contributed by atoms with Crippen LogP contribution in [0.5, 0.6) is 0 Å². The quantitative estimate of drug-likeness (QED) is 0.847. The van der Waals surface area contributed by atoms with Crippen molar-refractivity contribution in [2.75, 3.05) is 0 Å². The number of benzene rings is 1. The molecule has 1 aromatic heterocycles. The van der Waals surface area contributed by atoms with E-state index >= 15 is 0 Å². The van der Waals surface area contributed by atoms with Crippen molar-refractivity contribution in [1.82, 2.24) is 15.5 Å².